The maximum atomic E-state index is 10.7. The van der Waals surface area contributed by atoms with Crippen LogP contribution in [0.4, 0.5) is 0 Å². The molecule has 92 valence electrons. The number of carbonyl (C=O) groups excluding carboxylic acids is 1. The minimum Gasteiger partial charge on any atom is -0.382 e. The Bertz CT molecular complexity index is 262. The van der Waals surface area contributed by atoms with Gasteiger partial charge in [0, 0.05) is 12.6 Å². The standard InChI is InChI=1S/C12H22N2O2/c13-11(16)9(15)8-14-10-4-7-12(10)5-2-1-3-6-12/h9-10,14-15H,1-8H2,(H2,13,16). The summed E-state index contributed by atoms with van der Waals surface area (Å²) >= 11 is 0. The van der Waals surface area contributed by atoms with Crippen molar-refractivity contribution in [2.75, 3.05) is 6.54 Å². The Morgan fingerprint density at radius 1 is 1.38 bits per heavy atom. The van der Waals surface area contributed by atoms with Crippen molar-refractivity contribution in [3.05, 3.63) is 0 Å². The first-order valence-electron chi connectivity index (χ1n) is 6.35. The van der Waals surface area contributed by atoms with E-state index in [0.717, 1.165) is 0 Å². The Morgan fingerprint density at radius 2 is 2.06 bits per heavy atom. The molecule has 2 aliphatic rings. The Labute approximate surface area is 96.6 Å². The van der Waals surface area contributed by atoms with E-state index in [0.29, 0.717) is 18.0 Å². The number of aliphatic hydroxyl groups excluding tert-OH is 1. The van der Waals surface area contributed by atoms with Gasteiger partial charge in [-0.25, -0.2) is 0 Å². The fraction of sp³-hybridized carbons (Fsp3) is 0.917. The highest BCUT2D eigenvalue weighted by Crippen LogP contribution is 2.51. The molecule has 2 rings (SSSR count). The average molecular weight is 226 g/mol. The molecular weight excluding hydrogens is 204 g/mol. The Kier molecular flexibility index (Phi) is 3.50. The van der Waals surface area contributed by atoms with E-state index in [1.807, 2.05) is 0 Å². The number of aliphatic hydroxyl groups is 1. The summed E-state index contributed by atoms with van der Waals surface area (Å²) in [6, 6.07) is 0.488. The Morgan fingerprint density at radius 3 is 2.56 bits per heavy atom. The minimum absolute atomic E-state index is 0.307. The summed E-state index contributed by atoms with van der Waals surface area (Å²) in [5.41, 5.74) is 5.49. The fourth-order valence-corrected chi connectivity index (χ4v) is 3.22. The summed E-state index contributed by atoms with van der Waals surface area (Å²) in [5, 5.41) is 12.7. The maximum Gasteiger partial charge on any atom is 0.247 e. The summed E-state index contributed by atoms with van der Waals surface area (Å²) in [4.78, 5) is 10.7. The number of hydrogen-bond donors (Lipinski definition) is 3. The van der Waals surface area contributed by atoms with Crippen molar-refractivity contribution in [2.45, 2.75) is 57.1 Å². The van der Waals surface area contributed by atoms with Gasteiger partial charge < -0.3 is 16.2 Å². The van der Waals surface area contributed by atoms with Gasteiger partial charge in [0.25, 0.3) is 0 Å². The second-order valence-corrected chi connectivity index (χ2v) is 5.34. The molecule has 4 nitrogen and oxygen atoms in total. The van der Waals surface area contributed by atoms with Crippen LogP contribution in [-0.2, 0) is 4.79 Å². The van der Waals surface area contributed by atoms with Crippen molar-refractivity contribution in [2.24, 2.45) is 11.1 Å². The van der Waals surface area contributed by atoms with Crippen LogP contribution in [-0.4, -0.2) is 29.7 Å². The highest BCUT2D eigenvalue weighted by atomic mass is 16.3. The molecule has 2 saturated carbocycles. The van der Waals surface area contributed by atoms with Crippen molar-refractivity contribution in [1.82, 2.24) is 5.32 Å². The molecule has 2 unspecified atom stereocenters. The smallest absolute Gasteiger partial charge is 0.247 e. The van der Waals surface area contributed by atoms with E-state index in [1.54, 1.807) is 0 Å². The third-order valence-corrected chi connectivity index (χ3v) is 4.41. The van der Waals surface area contributed by atoms with E-state index in [-0.39, 0.29) is 0 Å². The van der Waals surface area contributed by atoms with Crippen LogP contribution >= 0.6 is 0 Å². The summed E-state index contributed by atoms with van der Waals surface area (Å²) in [5.74, 6) is -0.635. The van der Waals surface area contributed by atoms with E-state index in [1.165, 1.54) is 44.9 Å². The Hall–Kier alpha value is -0.610. The van der Waals surface area contributed by atoms with Crippen molar-refractivity contribution < 1.29 is 9.90 Å². The van der Waals surface area contributed by atoms with E-state index >= 15 is 0 Å². The molecular formula is C12H22N2O2. The second kappa shape index (κ2) is 4.72. The normalized spacial score (nSPS) is 29.7. The molecule has 2 aliphatic carbocycles. The second-order valence-electron chi connectivity index (χ2n) is 5.34. The molecule has 0 bridgehead atoms. The number of nitrogens with two attached hydrogens (primary N) is 1. The number of primary amides is 1. The lowest BCUT2D eigenvalue weighted by Crippen LogP contribution is -2.56. The number of rotatable bonds is 4. The van der Waals surface area contributed by atoms with Crippen LogP contribution in [0.25, 0.3) is 0 Å². The van der Waals surface area contributed by atoms with E-state index in [4.69, 9.17) is 5.73 Å². The molecule has 0 saturated heterocycles. The van der Waals surface area contributed by atoms with E-state index < -0.39 is 12.0 Å². The fourth-order valence-electron chi connectivity index (χ4n) is 3.22. The SMILES string of the molecule is NC(=O)C(O)CNC1CCC12CCCCC2. The molecule has 0 heterocycles. The molecule has 2 atom stereocenters. The molecule has 0 radical (unpaired) electrons. The third-order valence-electron chi connectivity index (χ3n) is 4.41. The zero-order valence-electron chi connectivity index (χ0n) is 9.74. The highest BCUT2D eigenvalue weighted by Gasteiger charge is 2.46. The third kappa shape index (κ3) is 2.23. The number of carbonyl (C=O) groups is 1. The van der Waals surface area contributed by atoms with Gasteiger partial charge >= 0.3 is 0 Å². The first kappa shape index (κ1) is 11.9. The van der Waals surface area contributed by atoms with Crippen molar-refractivity contribution >= 4 is 5.91 Å². The lowest BCUT2D eigenvalue weighted by atomic mass is 9.57. The molecule has 1 spiro atoms. The molecule has 0 aliphatic heterocycles. The largest absolute Gasteiger partial charge is 0.382 e. The van der Waals surface area contributed by atoms with Gasteiger partial charge in [-0.05, 0) is 31.1 Å². The topological polar surface area (TPSA) is 75.4 Å². The van der Waals surface area contributed by atoms with Gasteiger partial charge in [0.05, 0.1) is 0 Å². The van der Waals surface area contributed by atoms with Crippen molar-refractivity contribution in [3.8, 4) is 0 Å². The van der Waals surface area contributed by atoms with Crippen LogP contribution in [0.2, 0.25) is 0 Å². The zero-order chi connectivity index (χ0) is 11.6. The lowest BCUT2D eigenvalue weighted by Gasteiger charge is -2.52. The van der Waals surface area contributed by atoms with Crippen LogP contribution in [0.1, 0.15) is 44.9 Å². The average Bonchev–Trinajstić information content (AvgIpc) is 2.28. The van der Waals surface area contributed by atoms with E-state index in [9.17, 15) is 9.90 Å². The van der Waals surface area contributed by atoms with Crippen molar-refractivity contribution in [1.29, 1.82) is 0 Å². The van der Waals surface area contributed by atoms with Gasteiger partial charge in [-0.1, -0.05) is 19.3 Å². The summed E-state index contributed by atoms with van der Waals surface area (Å²) in [7, 11) is 0. The first-order chi connectivity index (χ1) is 7.64. The molecule has 0 aromatic carbocycles. The molecule has 2 fully saturated rings. The molecule has 4 heteroatoms. The van der Waals surface area contributed by atoms with Crippen LogP contribution in [0.3, 0.4) is 0 Å². The van der Waals surface area contributed by atoms with Gasteiger partial charge in [-0.15, -0.1) is 0 Å². The molecule has 0 aromatic heterocycles. The molecule has 16 heavy (non-hydrogen) atoms. The van der Waals surface area contributed by atoms with Gasteiger partial charge in [0.15, 0.2) is 0 Å². The highest BCUT2D eigenvalue weighted by molar-refractivity contribution is 5.78. The molecule has 0 aromatic rings. The number of nitrogens with one attached hydrogen (secondary N) is 1. The monoisotopic (exact) mass is 226 g/mol. The predicted octanol–water partition coefficient (Wildman–Crippen LogP) is 0.535. The quantitative estimate of drug-likeness (QED) is 0.654. The summed E-state index contributed by atoms with van der Waals surface area (Å²) in [6.45, 7) is 0.307. The van der Waals surface area contributed by atoms with Gasteiger partial charge in [-0.3, -0.25) is 4.79 Å². The van der Waals surface area contributed by atoms with Gasteiger partial charge in [0.2, 0.25) is 5.91 Å². The number of amides is 1. The van der Waals surface area contributed by atoms with Gasteiger partial charge in [-0.2, -0.15) is 0 Å². The van der Waals surface area contributed by atoms with Crippen LogP contribution in [0.15, 0.2) is 0 Å². The van der Waals surface area contributed by atoms with Crippen LogP contribution < -0.4 is 11.1 Å². The van der Waals surface area contributed by atoms with E-state index in [2.05, 4.69) is 5.32 Å². The van der Waals surface area contributed by atoms with Crippen LogP contribution in [0.5, 0.6) is 0 Å². The number of hydrogen-bond acceptors (Lipinski definition) is 3. The molecule has 1 amide bonds. The predicted molar refractivity (Wildman–Crippen MR) is 61.7 cm³/mol. The minimum atomic E-state index is -1.04. The Balaban J connectivity index is 1.80. The summed E-state index contributed by atoms with van der Waals surface area (Å²) < 4.78 is 0. The lowest BCUT2D eigenvalue weighted by molar-refractivity contribution is -0.126. The summed E-state index contributed by atoms with van der Waals surface area (Å²) in [6.07, 6.45) is 8.06. The molecule has 4 N–H and O–H groups in total. The van der Waals surface area contributed by atoms with Crippen molar-refractivity contribution in [3.63, 3.8) is 0 Å². The zero-order valence-corrected chi connectivity index (χ0v) is 9.74. The maximum absolute atomic E-state index is 10.7. The van der Waals surface area contributed by atoms with Gasteiger partial charge in [0.1, 0.15) is 6.10 Å². The van der Waals surface area contributed by atoms with Crippen LogP contribution in [0, 0.1) is 5.41 Å². The first-order valence-corrected chi connectivity index (χ1v) is 6.35.